The standard InChI is InChI=1S/C16H20F3NO4/c1-22-13-7-14(15(21)23-2)20(9-13)8-11-3-5-12(6-4-11)24-10-16(17,18)19/h3-6,13-14H,7-10H2,1-2H3/t13-,14+/m0/s1. The van der Waals surface area contributed by atoms with Crippen molar-refractivity contribution in [3.05, 3.63) is 29.8 Å². The molecule has 0 aromatic heterocycles. The van der Waals surface area contributed by atoms with Crippen LogP contribution < -0.4 is 4.74 Å². The van der Waals surface area contributed by atoms with Crippen molar-refractivity contribution in [3.63, 3.8) is 0 Å². The van der Waals surface area contributed by atoms with Gasteiger partial charge in [-0.15, -0.1) is 0 Å². The number of rotatable bonds is 6. The van der Waals surface area contributed by atoms with Gasteiger partial charge in [-0.1, -0.05) is 12.1 Å². The van der Waals surface area contributed by atoms with Gasteiger partial charge >= 0.3 is 12.1 Å². The first kappa shape index (κ1) is 18.5. The van der Waals surface area contributed by atoms with E-state index in [1.165, 1.54) is 19.2 Å². The normalized spacial score (nSPS) is 21.7. The summed E-state index contributed by atoms with van der Waals surface area (Å²) in [4.78, 5) is 13.8. The fourth-order valence-electron chi connectivity index (χ4n) is 2.68. The van der Waals surface area contributed by atoms with Crippen LogP contribution in [0.4, 0.5) is 13.2 Å². The van der Waals surface area contributed by atoms with Crippen molar-refractivity contribution in [3.8, 4) is 5.75 Å². The van der Waals surface area contributed by atoms with Crippen molar-refractivity contribution in [2.45, 2.75) is 31.3 Å². The lowest BCUT2D eigenvalue weighted by Gasteiger charge is -2.22. The maximum atomic E-state index is 12.1. The van der Waals surface area contributed by atoms with Gasteiger partial charge in [-0.3, -0.25) is 9.69 Å². The summed E-state index contributed by atoms with van der Waals surface area (Å²) in [5.74, 6) is -0.170. The van der Waals surface area contributed by atoms with Crippen molar-refractivity contribution in [2.75, 3.05) is 27.4 Å². The minimum atomic E-state index is -4.36. The van der Waals surface area contributed by atoms with Crippen molar-refractivity contribution in [1.82, 2.24) is 4.90 Å². The molecule has 1 aromatic rings. The van der Waals surface area contributed by atoms with Crippen LogP contribution in [-0.4, -0.2) is 56.6 Å². The Morgan fingerprint density at radius 1 is 1.25 bits per heavy atom. The number of hydrogen-bond donors (Lipinski definition) is 0. The lowest BCUT2D eigenvalue weighted by atomic mass is 10.1. The molecule has 134 valence electrons. The number of likely N-dealkylation sites (tertiary alicyclic amines) is 1. The summed E-state index contributed by atoms with van der Waals surface area (Å²) >= 11 is 0. The van der Waals surface area contributed by atoms with E-state index in [1.54, 1.807) is 19.2 Å². The number of ether oxygens (including phenoxy) is 3. The zero-order valence-electron chi connectivity index (χ0n) is 13.5. The van der Waals surface area contributed by atoms with Crippen LogP contribution in [0.3, 0.4) is 0 Å². The molecule has 5 nitrogen and oxygen atoms in total. The number of nitrogens with zero attached hydrogens (tertiary/aromatic N) is 1. The zero-order chi connectivity index (χ0) is 17.7. The third kappa shape index (κ3) is 5.10. The van der Waals surface area contributed by atoms with Gasteiger partial charge in [-0.05, 0) is 17.7 Å². The topological polar surface area (TPSA) is 48.0 Å². The van der Waals surface area contributed by atoms with E-state index < -0.39 is 12.8 Å². The average molecular weight is 347 g/mol. The quantitative estimate of drug-likeness (QED) is 0.740. The van der Waals surface area contributed by atoms with E-state index in [2.05, 4.69) is 4.74 Å². The second-order valence-electron chi connectivity index (χ2n) is 5.61. The second kappa shape index (κ2) is 7.85. The molecule has 1 aliphatic rings. The van der Waals surface area contributed by atoms with Gasteiger partial charge in [0.05, 0.1) is 13.2 Å². The number of carbonyl (C=O) groups is 1. The summed E-state index contributed by atoms with van der Waals surface area (Å²) in [5, 5.41) is 0. The molecule has 0 unspecified atom stereocenters. The molecule has 1 fully saturated rings. The number of hydrogen-bond acceptors (Lipinski definition) is 5. The molecule has 0 aliphatic carbocycles. The monoisotopic (exact) mass is 347 g/mol. The summed E-state index contributed by atoms with van der Waals surface area (Å²) in [5.41, 5.74) is 0.861. The molecule has 2 rings (SSSR count). The van der Waals surface area contributed by atoms with Gasteiger partial charge in [0.15, 0.2) is 6.61 Å². The SMILES string of the molecule is COC(=O)[C@H]1C[C@H](OC)CN1Cc1ccc(OCC(F)(F)F)cc1. The minimum absolute atomic E-state index is 0.0523. The molecule has 1 saturated heterocycles. The molecule has 0 radical (unpaired) electrons. The number of methoxy groups -OCH3 is 2. The zero-order valence-corrected chi connectivity index (χ0v) is 13.5. The summed E-state index contributed by atoms with van der Waals surface area (Å²) < 4.78 is 51.2. The number of carbonyl (C=O) groups excluding carboxylic acids is 1. The molecule has 1 aromatic carbocycles. The Kier molecular flexibility index (Phi) is 6.06. The highest BCUT2D eigenvalue weighted by Gasteiger charge is 2.37. The fourth-order valence-corrected chi connectivity index (χ4v) is 2.68. The van der Waals surface area contributed by atoms with E-state index in [0.717, 1.165) is 5.56 Å². The third-order valence-electron chi connectivity index (χ3n) is 3.88. The van der Waals surface area contributed by atoms with E-state index in [4.69, 9.17) is 9.47 Å². The Balaban J connectivity index is 1.97. The van der Waals surface area contributed by atoms with Crippen LogP contribution in [0.15, 0.2) is 24.3 Å². The Hall–Kier alpha value is -1.80. The molecule has 0 spiro atoms. The number of halogens is 3. The molecule has 1 aliphatic heterocycles. The van der Waals surface area contributed by atoms with Gasteiger partial charge < -0.3 is 14.2 Å². The molecule has 0 N–H and O–H groups in total. The van der Waals surface area contributed by atoms with Crippen LogP contribution in [0.2, 0.25) is 0 Å². The molecule has 24 heavy (non-hydrogen) atoms. The average Bonchev–Trinajstić information content (AvgIpc) is 2.96. The maximum Gasteiger partial charge on any atom is 0.422 e. The summed E-state index contributed by atoms with van der Waals surface area (Å²) in [6.07, 6.45) is -3.86. The van der Waals surface area contributed by atoms with Crippen LogP contribution in [0.1, 0.15) is 12.0 Å². The predicted octanol–water partition coefficient (Wildman–Crippen LogP) is 2.39. The van der Waals surface area contributed by atoms with Crippen LogP contribution in [0.5, 0.6) is 5.75 Å². The van der Waals surface area contributed by atoms with E-state index >= 15 is 0 Å². The van der Waals surface area contributed by atoms with Crippen LogP contribution in [-0.2, 0) is 20.8 Å². The van der Waals surface area contributed by atoms with Gasteiger partial charge in [-0.25, -0.2) is 0 Å². The van der Waals surface area contributed by atoms with E-state index in [9.17, 15) is 18.0 Å². The molecule has 0 amide bonds. The number of benzene rings is 1. The number of alkyl halides is 3. The Bertz CT molecular complexity index is 547. The summed E-state index contributed by atoms with van der Waals surface area (Å²) in [6, 6.07) is 5.94. The summed E-state index contributed by atoms with van der Waals surface area (Å²) in [7, 11) is 2.93. The van der Waals surface area contributed by atoms with E-state index in [1.807, 2.05) is 4.90 Å². The Morgan fingerprint density at radius 3 is 2.46 bits per heavy atom. The maximum absolute atomic E-state index is 12.1. The van der Waals surface area contributed by atoms with Crippen LogP contribution >= 0.6 is 0 Å². The predicted molar refractivity (Wildman–Crippen MR) is 79.6 cm³/mol. The van der Waals surface area contributed by atoms with Gasteiger partial charge in [-0.2, -0.15) is 13.2 Å². The molecule has 1 heterocycles. The lowest BCUT2D eigenvalue weighted by molar-refractivity contribution is -0.153. The van der Waals surface area contributed by atoms with Gasteiger partial charge in [0.1, 0.15) is 11.8 Å². The van der Waals surface area contributed by atoms with Crippen molar-refractivity contribution in [2.24, 2.45) is 0 Å². The minimum Gasteiger partial charge on any atom is -0.484 e. The van der Waals surface area contributed by atoms with E-state index in [0.29, 0.717) is 19.5 Å². The van der Waals surface area contributed by atoms with Gasteiger partial charge in [0.2, 0.25) is 0 Å². The lowest BCUT2D eigenvalue weighted by Crippen LogP contribution is -2.36. The second-order valence-corrected chi connectivity index (χ2v) is 5.61. The largest absolute Gasteiger partial charge is 0.484 e. The molecule has 8 heteroatoms. The fraction of sp³-hybridized carbons (Fsp3) is 0.562. The number of esters is 1. The third-order valence-corrected chi connectivity index (χ3v) is 3.88. The van der Waals surface area contributed by atoms with Crippen LogP contribution in [0, 0.1) is 0 Å². The molecule has 2 atom stereocenters. The highest BCUT2D eigenvalue weighted by Crippen LogP contribution is 2.24. The molecular weight excluding hydrogens is 327 g/mol. The van der Waals surface area contributed by atoms with Gasteiger partial charge in [0, 0.05) is 26.6 Å². The van der Waals surface area contributed by atoms with Crippen molar-refractivity contribution in [1.29, 1.82) is 0 Å². The van der Waals surface area contributed by atoms with Crippen molar-refractivity contribution < 1.29 is 32.2 Å². The Labute approximate surface area is 138 Å². The highest BCUT2D eigenvalue weighted by atomic mass is 19.4. The van der Waals surface area contributed by atoms with E-state index in [-0.39, 0.29) is 23.9 Å². The first-order valence-electron chi connectivity index (χ1n) is 7.45. The highest BCUT2D eigenvalue weighted by molar-refractivity contribution is 5.76. The van der Waals surface area contributed by atoms with Crippen LogP contribution in [0.25, 0.3) is 0 Å². The summed E-state index contributed by atoms with van der Waals surface area (Å²) in [6.45, 7) is -0.264. The first-order chi connectivity index (χ1) is 11.3. The first-order valence-corrected chi connectivity index (χ1v) is 7.45. The molecule has 0 bridgehead atoms. The smallest absolute Gasteiger partial charge is 0.422 e. The molecule has 0 saturated carbocycles. The molecular formula is C16H20F3NO4. The Morgan fingerprint density at radius 2 is 1.92 bits per heavy atom. The van der Waals surface area contributed by atoms with Gasteiger partial charge in [0.25, 0.3) is 0 Å². The van der Waals surface area contributed by atoms with Crippen molar-refractivity contribution >= 4 is 5.97 Å².